The highest BCUT2D eigenvalue weighted by molar-refractivity contribution is 5.89. The second-order valence-corrected chi connectivity index (χ2v) is 4.96. The molecule has 0 radical (unpaired) electrons. The topological polar surface area (TPSA) is 65.2 Å². The van der Waals surface area contributed by atoms with Crippen molar-refractivity contribution < 1.29 is 9.53 Å². The van der Waals surface area contributed by atoms with Crippen LogP contribution in [-0.4, -0.2) is 11.0 Å². The monoisotopic (exact) mass is 268 g/mol. The van der Waals surface area contributed by atoms with E-state index in [0.29, 0.717) is 11.4 Å². The lowest BCUT2D eigenvalue weighted by atomic mass is 9.89. The van der Waals surface area contributed by atoms with Crippen molar-refractivity contribution in [2.45, 2.75) is 25.4 Å². The third kappa shape index (κ3) is 2.50. The minimum atomic E-state index is -0.348. The molecule has 3 rings (SSSR count). The highest BCUT2D eigenvalue weighted by Crippen LogP contribution is 2.32. The number of anilines is 1. The first-order valence-corrected chi connectivity index (χ1v) is 6.74. The van der Waals surface area contributed by atoms with Gasteiger partial charge >= 0.3 is 5.97 Å². The van der Waals surface area contributed by atoms with E-state index in [0.717, 1.165) is 24.8 Å². The van der Waals surface area contributed by atoms with Crippen molar-refractivity contribution in [2.75, 3.05) is 5.73 Å². The van der Waals surface area contributed by atoms with Gasteiger partial charge in [-0.05, 0) is 42.5 Å². The first-order chi connectivity index (χ1) is 9.74. The number of rotatable bonds is 2. The molecule has 1 unspecified atom stereocenters. The highest BCUT2D eigenvalue weighted by atomic mass is 16.5. The van der Waals surface area contributed by atoms with Gasteiger partial charge in [0.25, 0.3) is 0 Å². The Labute approximate surface area is 117 Å². The Morgan fingerprint density at radius 1 is 1.25 bits per heavy atom. The van der Waals surface area contributed by atoms with Gasteiger partial charge in [-0.1, -0.05) is 24.3 Å². The highest BCUT2D eigenvalue weighted by Gasteiger charge is 2.23. The van der Waals surface area contributed by atoms with E-state index in [9.17, 15) is 4.79 Å². The quantitative estimate of drug-likeness (QED) is 0.850. The lowest BCUT2D eigenvalue weighted by molar-refractivity contribution is 0.0256. The van der Waals surface area contributed by atoms with Crippen LogP contribution in [-0.2, 0) is 11.2 Å². The number of esters is 1. The molecule has 1 aliphatic carbocycles. The Morgan fingerprint density at radius 2 is 2.10 bits per heavy atom. The molecule has 0 saturated carbocycles. The van der Waals surface area contributed by atoms with Gasteiger partial charge in [0.2, 0.25) is 0 Å². The molecule has 4 heteroatoms. The lowest BCUT2D eigenvalue weighted by Crippen LogP contribution is -2.17. The molecule has 0 fully saturated rings. The molecule has 1 aliphatic rings. The predicted molar refractivity (Wildman–Crippen MR) is 76.2 cm³/mol. The van der Waals surface area contributed by atoms with Crippen LogP contribution in [0.15, 0.2) is 42.6 Å². The van der Waals surface area contributed by atoms with Crippen LogP contribution in [0.3, 0.4) is 0 Å². The van der Waals surface area contributed by atoms with Crippen LogP contribution in [0.1, 0.15) is 40.4 Å². The molecule has 102 valence electrons. The van der Waals surface area contributed by atoms with Crippen LogP contribution in [0.4, 0.5) is 5.82 Å². The largest absolute Gasteiger partial charge is 0.454 e. The van der Waals surface area contributed by atoms with Crippen LogP contribution in [0, 0.1) is 0 Å². The molecule has 1 heterocycles. The molecule has 4 nitrogen and oxygen atoms in total. The number of aryl methyl sites for hydroxylation is 1. The molecule has 0 aliphatic heterocycles. The number of aromatic nitrogens is 1. The standard InChI is InChI=1S/C16H16N2O2/c17-15-9-8-12(10-18-15)16(19)20-14-7-3-5-11-4-1-2-6-13(11)14/h1-2,4,6,8-10,14H,3,5,7H2,(H2,17,18). The number of hydrogen-bond donors (Lipinski definition) is 1. The van der Waals surface area contributed by atoms with Crippen LogP contribution < -0.4 is 5.73 Å². The van der Waals surface area contributed by atoms with E-state index in [1.165, 1.54) is 11.8 Å². The number of carbonyl (C=O) groups excluding carboxylic acids is 1. The first kappa shape index (κ1) is 12.7. The van der Waals surface area contributed by atoms with Gasteiger partial charge in [0.15, 0.2) is 0 Å². The Morgan fingerprint density at radius 3 is 2.90 bits per heavy atom. The van der Waals surface area contributed by atoms with Gasteiger partial charge < -0.3 is 10.5 Å². The molecule has 0 amide bonds. The van der Waals surface area contributed by atoms with E-state index in [-0.39, 0.29) is 12.1 Å². The minimum absolute atomic E-state index is 0.162. The Kier molecular flexibility index (Phi) is 3.37. The van der Waals surface area contributed by atoms with Crippen molar-refractivity contribution in [1.82, 2.24) is 4.98 Å². The molecule has 2 N–H and O–H groups in total. The molecule has 0 saturated heterocycles. The smallest absolute Gasteiger partial charge is 0.340 e. The van der Waals surface area contributed by atoms with Crippen LogP contribution >= 0.6 is 0 Å². The summed E-state index contributed by atoms with van der Waals surface area (Å²) in [4.78, 5) is 16.0. The Balaban J connectivity index is 1.79. The fourth-order valence-corrected chi connectivity index (χ4v) is 2.56. The Bertz CT molecular complexity index is 623. The number of hydrogen-bond acceptors (Lipinski definition) is 4. The van der Waals surface area contributed by atoms with Gasteiger partial charge in [0.1, 0.15) is 11.9 Å². The summed E-state index contributed by atoms with van der Waals surface area (Å²) in [6.07, 6.45) is 4.24. The second kappa shape index (κ2) is 5.33. The predicted octanol–water partition coefficient (Wildman–Crippen LogP) is 2.90. The molecule has 0 spiro atoms. The maximum atomic E-state index is 12.1. The molecule has 0 bridgehead atoms. The van der Waals surface area contributed by atoms with E-state index in [1.807, 2.05) is 18.2 Å². The van der Waals surface area contributed by atoms with E-state index in [1.54, 1.807) is 12.1 Å². The number of nitrogens with two attached hydrogens (primary N) is 1. The number of fused-ring (bicyclic) bond motifs is 1. The molecule has 1 atom stereocenters. The number of ether oxygens (including phenoxy) is 1. The average molecular weight is 268 g/mol. The summed E-state index contributed by atoms with van der Waals surface area (Å²) in [5, 5.41) is 0. The Hall–Kier alpha value is -2.36. The van der Waals surface area contributed by atoms with Crippen LogP contribution in [0.5, 0.6) is 0 Å². The van der Waals surface area contributed by atoms with E-state index >= 15 is 0 Å². The van der Waals surface area contributed by atoms with Crippen molar-refractivity contribution in [3.8, 4) is 0 Å². The van der Waals surface area contributed by atoms with E-state index < -0.39 is 0 Å². The second-order valence-electron chi connectivity index (χ2n) is 4.96. The number of pyridine rings is 1. The zero-order chi connectivity index (χ0) is 13.9. The summed E-state index contributed by atoms with van der Waals surface area (Å²) in [6, 6.07) is 11.4. The van der Waals surface area contributed by atoms with Gasteiger partial charge in [-0.2, -0.15) is 0 Å². The van der Waals surface area contributed by atoms with Crippen molar-refractivity contribution in [1.29, 1.82) is 0 Å². The summed E-state index contributed by atoms with van der Waals surface area (Å²) in [5.74, 6) is 0.0452. The van der Waals surface area contributed by atoms with Crippen molar-refractivity contribution in [2.24, 2.45) is 0 Å². The van der Waals surface area contributed by atoms with Gasteiger partial charge in [-0.15, -0.1) is 0 Å². The maximum absolute atomic E-state index is 12.1. The first-order valence-electron chi connectivity index (χ1n) is 6.74. The van der Waals surface area contributed by atoms with Gasteiger partial charge in [-0.25, -0.2) is 9.78 Å². The van der Waals surface area contributed by atoms with Gasteiger partial charge in [0, 0.05) is 6.20 Å². The number of nitrogens with zero attached hydrogens (tertiary/aromatic N) is 1. The molecule has 1 aromatic heterocycles. The van der Waals surface area contributed by atoms with Crippen LogP contribution in [0.2, 0.25) is 0 Å². The zero-order valence-corrected chi connectivity index (χ0v) is 11.1. The SMILES string of the molecule is Nc1ccc(C(=O)OC2CCCc3ccccc32)cn1. The van der Waals surface area contributed by atoms with Crippen LogP contribution in [0.25, 0.3) is 0 Å². The van der Waals surface area contributed by atoms with Crippen molar-refractivity contribution in [3.63, 3.8) is 0 Å². The van der Waals surface area contributed by atoms with E-state index in [4.69, 9.17) is 10.5 Å². The molecule has 1 aromatic carbocycles. The molecular weight excluding hydrogens is 252 g/mol. The summed E-state index contributed by atoms with van der Waals surface area (Å²) in [5.41, 5.74) is 8.33. The lowest BCUT2D eigenvalue weighted by Gasteiger charge is -2.25. The third-order valence-electron chi connectivity index (χ3n) is 3.59. The normalized spacial score (nSPS) is 17.3. The fourth-order valence-electron chi connectivity index (χ4n) is 2.56. The molecule has 20 heavy (non-hydrogen) atoms. The average Bonchev–Trinajstić information content (AvgIpc) is 2.48. The summed E-state index contributed by atoms with van der Waals surface area (Å²) < 4.78 is 5.62. The maximum Gasteiger partial charge on any atom is 0.340 e. The number of carbonyl (C=O) groups is 1. The molecule has 2 aromatic rings. The summed E-state index contributed by atoms with van der Waals surface area (Å²) in [7, 11) is 0. The molecular formula is C16H16N2O2. The van der Waals surface area contributed by atoms with E-state index in [2.05, 4.69) is 11.1 Å². The third-order valence-corrected chi connectivity index (χ3v) is 3.59. The van der Waals surface area contributed by atoms with Gasteiger partial charge in [-0.3, -0.25) is 0 Å². The van der Waals surface area contributed by atoms with Crippen molar-refractivity contribution >= 4 is 11.8 Å². The minimum Gasteiger partial charge on any atom is -0.454 e. The number of benzene rings is 1. The summed E-state index contributed by atoms with van der Waals surface area (Å²) >= 11 is 0. The zero-order valence-electron chi connectivity index (χ0n) is 11.1. The fraction of sp³-hybridized carbons (Fsp3) is 0.250. The van der Waals surface area contributed by atoms with Crippen molar-refractivity contribution in [3.05, 3.63) is 59.3 Å². The summed E-state index contributed by atoms with van der Waals surface area (Å²) in [6.45, 7) is 0. The van der Waals surface area contributed by atoms with Gasteiger partial charge in [0.05, 0.1) is 5.56 Å². The number of nitrogen functional groups attached to an aromatic ring is 1.